The first-order valence-electron chi connectivity index (χ1n) is 5.95. The molecule has 0 saturated heterocycles. The Morgan fingerprint density at radius 1 is 1.21 bits per heavy atom. The van der Waals surface area contributed by atoms with E-state index in [4.69, 9.17) is 5.73 Å². The standard InChI is InChI=1S/C15H16N2O2/c1-9-8-11(6-7-14(9)18)17-15(19)12-4-3-5-13(16)10(12)2/h3-8,18H,16H2,1-2H3,(H,17,19). The van der Waals surface area contributed by atoms with E-state index >= 15 is 0 Å². The van der Waals surface area contributed by atoms with Crippen LogP contribution in [0.25, 0.3) is 0 Å². The number of nitrogens with one attached hydrogen (secondary N) is 1. The van der Waals surface area contributed by atoms with Gasteiger partial charge in [-0.3, -0.25) is 4.79 Å². The first-order chi connectivity index (χ1) is 8.99. The van der Waals surface area contributed by atoms with E-state index in [2.05, 4.69) is 5.32 Å². The van der Waals surface area contributed by atoms with Gasteiger partial charge in [0, 0.05) is 16.9 Å². The first kappa shape index (κ1) is 13.0. The van der Waals surface area contributed by atoms with E-state index in [1.807, 2.05) is 6.92 Å². The van der Waals surface area contributed by atoms with Gasteiger partial charge in [0.2, 0.25) is 0 Å². The van der Waals surface area contributed by atoms with Crippen LogP contribution in [0.15, 0.2) is 36.4 Å². The molecule has 0 aliphatic carbocycles. The van der Waals surface area contributed by atoms with Crippen LogP contribution in [-0.2, 0) is 0 Å². The number of nitrogens with two attached hydrogens (primary N) is 1. The Morgan fingerprint density at radius 3 is 2.63 bits per heavy atom. The lowest BCUT2D eigenvalue weighted by molar-refractivity contribution is 0.102. The van der Waals surface area contributed by atoms with Crippen LogP contribution < -0.4 is 11.1 Å². The third-order valence-electron chi connectivity index (χ3n) is 3.07. The molecular formula is C15H16N2O2. The van der Waals surface area contributed by atoms with Gasteiger partial charge in [-0.05, 0) is 55.3 Å². The molecule has 0 aliphatic heterocycles. The number of phenols is 1. The molecule has 98 valence electrons. The zero-order chi connectivity index (χ0) is 14.0. The molecule has 2 rings (SSSR count). The molecule has 0 saturated carbocycles. The molecule has 1 amide bonds. The SMILES string of the molecule is Cc1cc(NC(=O)c2cccc(N)c2C)ccc1O. The van der Waals surface area contributed by atoms with Gasteiger partial charge in [-0.25, -0.2) is 0 Å². The van der Waals surface area contributed by atoms with Crippen LogP contribution in [0.3, 0.4) is 0 Å². The third kappa shape index (κ3) is 2.68. The summed E-state index contributed by atoms with van der Waals surface area (Å²) in [6.07, 6.45) is 0. The molecule has 4 N–H and O–H groups in total. The van der Waals surface area contributed by atoms with Crippen molar-refractivity contribution in [1.29, 1.82) is 0 Å². The van der Waals surface area contributed by atoms with Crippen LogP contribution in [0, 0.1) is 13.8 Å². The smallest absolute Gasteiger partial charge is 0.256 e. The van der Waals surface area contributed by atoms with Crippen molar-refractivity contribution in [1.82, 2.24) is 0 Å². The summed E-state index contributed by atoms with van der Waals surface area (Å²) >= 11 is 0. The van der Waals surface area contributed by atoms with Crippen molar-refractivity contribution in [3.8, 4) is 5.75 Å². The van der Waals surface area contributed by atoms with Crippen molar-refractivity contribution in [3.05, 3.63) is 53.1 Å². The molecule has 4 heteroatoms. The van der Waals surface area contributed by atoms with Gasteiger partial charge in [0.05, 0.1) is 0 Å². The average Bonchev–Trinajstić information content (AvgIpc) is 2.37. The lowest BCUT2D eigenvalue weighted by atomic mass is 10.1. The summed E-state index contributed by atoms with van der Waals surface area (Å²) in [4.78, 5) is 12.2. The highest BCUT2D eigenvalue weighted by atomic mass is 16.3. The molecule has 4 nitrogen and oxygen atoms in total. The molecule has 0 spiro atoms. The summed E-state index contributed by atoms with van der Waals surface area (Å²) in [6.45, 7) is 3.59. The van der Waals surface area contributed by atoms with E-state index in [0.29, 0.717) is 22.5 Å². The summed E-state index contributed by atoms with van der Waals surface area (Å²) in [7, 11) is 0. The lowest BCUT2D eigenvalue weighted by Gasteiger charge is -2.10. The second-order valence-electron chi connectivity index (χ2n) is 4.48. The first-order valence-corrected chi connectivity index (χ1v) is 5.95. The lowest BCUT2D eigenvalue weighted by Crippen LogP contribution is -2.14. The van der Waals surface area contributed by atoms with Crippen LogP contribution >= 0.6 is 0 Å². The van der Waals surface area contributed by atoms with Crippen molar-refractivity contribution in [3.63, 3.8) is 0 Å². The third-order valence-corrected chi connectivity index (χ3v) is 3.07. The Bertz CT molecular complexity index is 636. The Morgan fingerprint density at radius 2 is 1.95 bits per heavy atom. The molecule has 0 unspecified atom stereocenters. The molecule has 0 radical (unpaired) electrons. The zero-order valence-electron chi connectivity index (χ0n) is 10.9. The van der Waals surface area contributed by atoms with Gasteiger partial charge in [-0.1, -0.05) is 6.07 Å². The molecule has 0 fully saturated rings. The summed E-state index contributed by atoms with van der Waals surface area (Å²) in [6, 6.07) is 10.2. The van der Waals surface area contributed by atoms with Crippen molar-refractivity contribution in [2.75, 3.05) is 11.1 Å². The van der Waals surface area contributed by atoms with Gasteiger partial charge in [-0.2, -0.15) is 0 Å². The predicted molar refractivity (Wildman–Crippen MR) is 76.4 cm³/mol. The van der Waals surface area contributed by atoms with Gasteiger partial charge < -0.3 is 16.2 Å². The van der Waals surface area contributed by atoms with E-state index in [1.165, 1.54) is 0 Å². The van der Waals surface area contributed by atoms with Crippen LogP contribution in [-0.4, -0.2) is 11.0 Å². The van der Waals surface area contributed by atoms with Gasteiger partial charge in [0.25, 0.3) is 5.91 Å². The Hall–Kier alpha value is -2.49. The minimum atomic E-state index is -0.213. The van der Waals surface area contributed by atoms with Gasteiger partial charge >= 0.3 is 0 Å². The van der Waals surface area contributed by atoms with Crippen molar-refractivity contribution in [2.45, 2.75) is 13.8 Å². The van der Waals surface area contributed by atoms with Crippen LogP contribution in [0.1, 0.15) is 21.5 Å². The van der Waals surface area contributed by atoms with Gasteiger partial charge in [0.15, 0.2) is 0 Å². The number of rotatable bonds is 2. The Balaban J connectivity index is 2.26. The number of hydrogen-bond acceptors (Lipinski definition) is 3. The molecule has 2 aromatic carbocycles. The van der Waals surface area contributed by atoms with E-state index in [-0.39, 0.29) is 11.7 Å². The van der Waals surface area contributed by atoms with Gasteiger partial charge in [0.1, 0.15) is 5.75 Å². The maximum absolute atomic E-state index is 12.2. The summed E-state index contributed by atoms with van der Waals surface area (Å²) in [5.74, 6) is -0.00646. The van der Waals surface area contributed by atoms with Crippen LogP contribution in [0.4, 0.5) is 11.4 Å². The van der Waals surface area contributed by atoms with E-state index in [1.54, 1.807) is 43.3 Å². The Kier molecular flexibility index (Phi) is 3.42. The van der Waals surface area contributed by atoms with E-state index in [0.717, 1.165) is 5.56 Å². The fourth-order valence-corrected chi connectivity index (χ4v) is 1.83. The number of phenolic OH excluding ortho intramolecular Hbond substituents is 1. The zero-order valence-corrected chi connectivity index (χ0v) is 10.9. The molecule has 0 atom stereocenters. The molecular weight excluding hydrogens is 240 g/mol. The number of aromatic hydroxyl groups is 1. The largest absolute Gasteiger partial charge is 0.508 e. The fourth-order valence-electron chi connectivity index (χ4n) is 1.83. The summed E-state index contributed by atoms with van der Waals surface area (Å²) in [5.41, 5.74) is 9.03. The van der Waals surface area contributed by atoms with E-state index in [9.17, 15) is 9.90 Å². The Labute approximate surface area is 111 Å². The molecule has 19 heavy (non-hydrogen) atoms. The minimum Gasteiger partial charge on any atom is -0.508 e. The molecule has 0 aliphatic rings. The maximum atomic E-state index is 12.2. The van der Waals surface area contributed by atoms with Gasteiger partial charge in [-0.15, -0.1) is 0 Å². The highest BCUT2D eigenvalue weighted by molar-refractivity contribution is 6.06. The number of nitrogen functional groups attached to an aromatic ring is 1. The molecule has 0 bridgehead atoms. The maximum Gasteiger partial charge on any atom is 0.256 e. The predicted octanol–water partition coefficient (Wildman–Crippen LogP) is 2.84. The monoisotopic (exact) mass is 256 g/mol. The molecule has 0 heterocycles. The summed E-state index contributed by atoms with van der Waals surface area (Å²) in [5, 5.41) is 12.2. The fraction of sp³-hybridized carbons (Fsp3) is 0.133. The molecule has 2 aromatic rings. The van der Waals surface area contributed by atoms with E-state index < -0.39 is 0 Å². The number of amides is 1. The number of carbonyl (C=O) groups is 1. The number of aryl methyl sites for hydroxylation is 1. The van der Waals surface area contributed by atoms with Crippen molar-refractivity contribution < 1.29 is 9.90 Å². The van der Waals surface area contributed by atoms with Crippen LogP contribution in [0.5, 0.6) is 5.75 Å². The second-order valence-corrected chi connectivity index (χ2v) is 4.48. The topological polar surface area (TPSA) is 75.4 Å². The highest BCUT2D eigenvalue weighted by Crippen LogP contribution is 2.22. The summed E-state index contributed by atoms with van der Waals surface area (Å²) < 4.78 is 0. The number of carbonyl (C=O) groups excluding carboxylic acids is 1. The quantitative estimate of drug-likeness (QED) is 0.571. The second kappa shape index (κ2) is 5.02. The number of hydrogen-bond donors (Lipinski definition) is 3. The normalized spacial score (nSPS) is 10.2. The van der Waals surface area contributed by atoms with Crippen LogP contribution in [0.2, 0.25) is 0 Å². The van der Waals surface area contributed by atoms with Crippen molar-refractivity contribution in [2.24, 2.45) is 0 Å². The molecule has 0 aromatic heterocycles. The minimum absolute atomic E-state index is 0.207. The van der Waals surface area contributed by atoms with Crippen molar-refractivity contribution >= 4 is 17.3 Å². The number of benzene rings is 2. The highest BCUT2D eigenvalue weighted by Gasteiger charge is 2.11. The average molecular weight is 256 g/mol. The number of anilines is 2.